The minimum Gasteiger partial charge on any atom is -0.508 e. The molecule has 0 saturated heterocycles. The summed E-state index contributed by atoms with van der Waals surface area (Å²) in [5.41, 5.74) is 1.64. The van der Waals surface area contributed by atoms with E-state index in [2.05, 4.69) is 5.32 Å². The third kappa shape index (κ3) is 5.59. The maximum Gasteiger partial charge on any atom is 0.326 e. The molecule has 0 saturated carbocycles. The van der Waals surface area contributed by atoms with E-state index >= 15 is 0 Å². The van der Waals surface area contributed by atoms with Crippen molar-refractivity contribution in [3.63, 3.8) is 0 Å². The van der Waals surface area contributed by atoms with Gasteiger partial charge in [0.1, 0.15) is 11.8 Å². The highest BCUT2D eigenvalue weighted by Gasteiger charge is 2.20. The molecule has 3 N–H and O–H groups in total. The van der Waals surface area contributed by atoms with E-state index in [9.17, 15) is 19.8 Å². The summed E-state index contributed by atoms with van der Waals surface area (Å²) in [4.78, 5) is 23.4. The average Bonchev–Trinajstić information content (AvgIpc) is 2.54. The number of halogens is 1. The first-order valence-corrected chi connectivity index (χ1v) is 7.86. The lowest BCUT2D eigenvalue weighted by molar-refractivity contribution is -0.141. The Balaban J connectivity index is 1.91. The molecule has 0 spiro atoms. The van der Waals surface area contributed by atoms with Gasteiger partial charge in [-0.2, -0.15) is 0 Å². The number of benzene rings is 2. The number of amides is 1. The number of carboxylic acids is 1. The molecule has 1 atom stereocenters. The summed E-state index contributed by atoms with van der Waals surface area (Å²) in [6.07, 6.45) is 0.816. The van der Waals surface area contributed by atoms with Gasteiger partial charge in [-0.25, -0.2) is 4.79 Å². The predicted molar refractivity (Wildman–Crippen MR) is 91.2 cm³/mol. The van der Waals surface area contributed by atoms with Crippen LogP contribution >= 0.6 is 11.6 Å². The van der Waals surface area contributed by atoms with E-state index in [0.717, 1.165) is 11.1 Å². The zero-order valence-electron chi connectivity index (χ0n) is 12.9. The molecule has 6 heteroatoms. The molecule has 1 amide bonds. The van der Waals surface area contributed by atoms with Crippen molar-refractivity contribution in [3.8, 4) is 5.75 Å². The highest BCUT2D eigenvalue weighted by molar-refractivity contribution is 6.30. The molecule has 0 bridgehead atoms. The van der Waals surface area contributed by atoms with Gasteiger partial charge in [0, 0.05) is 17.9 Å². The first kappa shape index (κ1) is 17.8. The SMILES string of the molecule is O=C(CCc1cccc(Cl)c1)N[C@@H](Cc1ccc(O)cc1)C(=O)O. The lowest BCUT2D eigenvalue weighted by Gasteiger charge is -2.15. The number of carbonyl (C=O) groups excluding carboxylic acids is 1. The highest BCUT2D eigenvalue weighted by Crippen LogP contribution is 2.13. The summed E-state index contributed by atoms with van der Waals surface area (Å²) in [5, 5.41) is 21.7. The number of hydrogen-bond donors (Lipinski definition) is 3. The Bertz CT molecular complexity index is 715. The molecule has 0 aliphatic carbocycles. The third-order valence-electron chi connectivity index (χ3n) is 3.54. The van der Waals surface area contributed by atoms with Crippen molar-refractivity contribution in [3.05, 3.63) is 64.7 Å². The fraction of sp³-hybridized carbons (Fsp3) is 0.222. The molecule has 24 heavy (non-hydrogen) atoms. The van der Waals surface area contributed by atoms with Gasteiger partial charge in [-0.15, -0.1) is 0 Å². The molecule has 126 valence electrons. The summed E-state index contributed by atoms with van der Waals surface area (Å²) in [6, 6.07) is 12.4. The highest BCUT2D eigenvalue weighted by atomic mass is 35.5. The summed E-state index contributed by atoms with van der Waals surface area (Å²) in [7, 11) is 0. The lowest BCUT2D eigenvalue weighted by atomic mass is 10.0. The maximum absolute atomic E-state index is 12.0. The third-order valence-corrected chi connectivity index (χ3v) is 3.77. The quantitative estimate of drug-likeness (QED) is 0.718. The van der Waals surface area contributed by atoms with Crippen molar-refractivity contribution in [2.24, 2.45) is 0 Å². The predicted octanol–water partition coefficient (Wildman–Crippen LogP) is 2.79. The van der Waals surface area contributed by atoms with Crippen molar-refractivity contribution in [1.29, 1.82) is 0 Å². The van der Waals surface area contributed by atoms with Gasteiger partial charge in [0.25, 0.3) is 0 Å². The summed E-state index contributed by atoms with van der Waals surface area (Å²) < 4.78 is 0. The molecule has 0 fully saturated rings. The normalized spacial score (nSPS) is 11.7. The smallest absolute Gasteiger partial charge is 0.326 e. The number of hydrogen-bond acceptors (Lipinski definition) is 3. The van der Waals surface area contributed by atoms with Crippen LogP contribution in [0.25, 0.3) is 0 Å². The maximum atomic E-state index is 12.0. The monoisotopic (exact) mass is 347 g/mol. The van der Waals surface area contributed by atoms with Crippen molar-refractivity contribution in [2.45, 2.75) is 25.3 Å². The van der Waals surface area contributed by atoms with E-state index in [1.165, 1.54) is 12.1 Å². The number of phenolic OH excluding ortho intramolecular Hbond substituents is 1. The second kappa shape index (κ2) is 8.36. The first-order chi connectivity index (χ1) is 11.4. The number of aliphatic carboxylic acids is 1. The van der Waals surface area contributed by atoms with Gasteiger partial charge in [-0.3, -0.25) is 4.79 Å². The van der Waals surface area contributed by atoms with Gasteiger partial charge in [0.15, 0.2) is 0 Å². The Morgan fingerprint density at radius 3 is 2.42 bits per heavy atom. The van der Waals surface area contributed by atoms with E-state index in [1.54, 1.807) is 30.3 Å². The van der Waals surface area contributed by atoms with Crippen LogP contribution in [-0.4, -0.2) is 28.1 Å². The topological polar surface area (TPSA) is 86.6 Å². The molecule has 0 unspecified atom stereocenters. The van der Waals surface area contributed by atoms with Gasteiger partial charge in [0.05, 0.1) is 0 Å². The van der Waals surface area contributed by atoms with Crippen LogP contribution in [0.2, 0.25) is 5.02 Å². The number of rotatable bonds is 7. The van der Waals surface area contributed by atoms with Crippen LogP contribution in [0.3, 0.4) is 0 Å². The van der Waals surface area contributed by atoms with Crippen LogP contribution in [0.15, 0.2) is 48.5 Å². The summed E-state index contributed by atoms with van der Waals surface area (Å²) >= 11 is 5.89. The number of nitrogens with one attached hydrogen (secondary N) is 1. The average molecular weight is 348 g/mol. The molecule has 0 aromatic heterocycles. The first-order valence-electron chi connectivity index (χ1n) is 7.48. The largest absolute Gasteiger partial charge is 0.508 e. The number of carboxylic acid groups (broad SMARTS) is 1. The van der Waals surface area contributed by atoms with Crippen molar-refractivity contribution < 1.29 is 19.8 Å². The Hall–Kier alpha value is -2.53. The van der Waals surface area contributed by atoms with E-state index < -0.39 is 12.0 Å². The Kier molecular flexibility index (Phi) is 6.21. The standard InChI is InChI=1S/C18H18ClNO4/c19-14-3-1-2-12(10-14)6-9-17(22)20-16(18(23)24)11-13-4-7-15(21)8-5-13/h1-5,7-8,10,16,21H,6,9,11H2,(H,20,22)(H,23,24)/t16-/m0/s1. The Morgan fingerprint density at radius 1 is 1.08 bits per heavy atom. The van der Waals surface area contributed by atoms with E-state index in [1.807, 2.05) is 6.07 Å². The van der Waals surface area contributed by atoms with Gasteiger partial charge in [-0.1, -0.05) is 35.9 Å². The molecule has 2 aromatic carbocycles. The molecule has 0 heterocycles. The van der Waals surface area contributed by atoms with E-state index in [4.69, 9.17) is 11.6 Å². The minimum atomic E-state index is -1.10. The summed E-state index contributed by atoms with van der Waals surface area (Å²) in [5.74, 6) is -1.32. The van der Waals surface area contributed by atoms with Crippen LogP contribution in [-0.2, 0) is 22.4 Å². The molecule has 5 nitrogen and oxygen atoms in total. The molecule has 0 radical (unpaired) electrons. The second-order valence-electron chi connectivity index (χ2n) is 5.46. The molecule has 2 aromatic rings. The van der Waals surface area contributed by atoms with Gasteiger partial charge in [-0.05, 0) is 41.8 Å². The Labute approximate surface area is 144 Å². The van der Waals surface area contributed by atoms with Crippen molar-refractivity contribution >= 4 is 23.5 Å². The van der Waals surface area contributed by atoms with E-state index in [-0.39, 0.29) is 24.5 Å². The number of aryl methyl sites for hydroxylation is 1. The molecular formula is C18H18ClNO4. The Morgan fingerprint density at radius 2 is 1.79 bits per heavy atom. The molecule has 0 aliphatic rings. The van der Waals surface area contributed by atoms with Crippen molar-refractivity contribution in [1.82, 2.24) is 5.32 Å². The lowest BCUT2D eigenvalue weighted by Crippen LogP contribution is -2.42. The van der Waals surface area contributed by atoms with Crippen LogP contribution in [0.5, 0.6) is 5.75 Å². The van der Waals surface area contributed by atoms with Gasteiger partial charge in [0.2, 0.25) is 5.91 Å². The van der Waals surface area contributed by atoms with Crippen molar-refractivity contribution in [2.75, 3.05) is 0 Å². The number of aromatic hydroxyl groups is 1. The zero-order chi connectivity index (χ0) is 17.5. The fourth-order valence-electron chi connectivity index (χ4n) is 2.28. The number of phenols is 1. The van der Waals surface area contributed by atoms with Crippen LogP contribution in [0.1, 0.15) is 17.5 Å². The van der Waals surface area contributed by atoms with Crippen LogP contribution < -0.4 is 5.32 Å². The summed E-state index contributed by atoms with van der Waals surface area (Å²) in [6.45, 7) is 0. The molecule has 0 aliphatic heterocycles. The van der Waals surface area contributed by atoms with Crippen LogP contribution in [0.4, 0.5) is 0 Å². The molecule has 2 rings (SSSR count). The van der Waals surface area contributed by atoms with Gasteiger partial charge >= 0.3 is 5.97 Å². The van der Waals surface area contributed by atoms with Gasteiger partial charge < -0.3 is 15.5 Å². The second-order valence-corrected chi connectivity index (χ2v) is 5.90. The molecular weight excluding hydrogens is 330 g/mol. The fourth-order valence-corrected chi connectivity index (χ4v) is 2.50. The minimum absolute atomic E-state index is 0.108. The number of carbonyl (C=O) groups is 2. The van der Waals surface area contributed by atoms with Crippen LogP contribution in [0, 0.1) is 0 Å². The van der Waals surface area contributed by atoms with E-state index in [0.29, 0.717) is 11.4 Å². The zero-order valence-corrected chi connectivity index (χ0v) is 13.7.